The summed E-state index contributed by atoms with van der Waals surface area (Å²) in [5.74, 6) is 0.365. The average molecular weight is 377 g/mol. The molecule has 1 fully saturated rings. The normalized spacial score (nSPS) is 24.2. The molecule has 0 radical (unpaired) electrons. The van der Waals surface area contributed by atoms with E-state index in [1.54, 1.807) is 25.3 Å². The average Bonchev–Trinajstić information content (AvgIpc) is 2.47. The van der Waals surface area contributed by atoms with Crippen molar-refractivity contribution in [3.63, 3.8) is 0 Å². The first kappa shape index (κ1) is 16.9. The Morgan fingerprint density at radius 2 is 2.19 bits per heavy atom. The van der Waals surface area contributed by atoms with Crippen molar-refractivity contribution in [2.24, 2.45) is 11.7 Å². The Balaban J connectivity index is 2.30. The molecule has 0 aromatic heterocycles. The van der Waals surface area contributed by atoms with Crippen LogP contribution in [0.3, 0.4) is 0 Å². The minimum absolute atomic E-state index is 0.0596. The highest BCUT2D eigenvalue weighted by Crippen LogP contribution is 2.29. The van der Waals surface area contributed by atoms with Gasteiger partial charge < -0.3 is 10.5 Å². The third-order valence-corrected chi connectivity index (χ3v) is 6.85. The van der Waals surface area contributed by atoms with E-state index in [9.17, 15) is 8.42 Å². The molecule has 1 aliphatic heterocycles. The molecule has 2 rings (SSSR count). The maximum Gasteiger partial charge on any atom is 0.244 e. The van der Waals surface area contributed by atoms with Crippen molar-refractivity contribution in [1.82, 2.24) is 4.31 Å². The first-order valence-corrected chi connectivity index (χ1v) is 9.15. The zero-order valence-electron chi connectivity index (χ0n) is 12.3. The molecule has 1 saturated heterocycles. The molecule has 0 saturated carbocycles. The summed E-state index contributed by atoms with van der Waals surface area (Å²) in [4.78, 5) is 0.282. The van der Waals surface area contributed by atoms with Gasteiger partial charge in [-0.25, -0.2) is 8.42 Å². The highest BCUT2D eigenvalue weighted by atomic mass is 79.9. The van der Waals surface area contributed by atoms with Crippen LogP contribution in [-0.2, 0) is 21.3 Å². The largest absolute Gasteiger partial charge is 0.380 e. The van der Waals surface area contributed by atoms with E-state index >= 15 is 0 Å². The second-order valence-corrected chi connectivity index (χ2v) is 8.13. The molecular weight excluding hydrogens is 356 g/mol. The first-order valence-electron chi connectivity index (χ1n) is 6.91. The van der Waals surface area contributed by atoms with Gasteiger partial charge in [0.2, 0.25) is 10.0 Å². The maximum absolute atomic E-state index is 12.8. The third kappa shape index (κ3) is 3.48. The number of ether oxygens (including phenoxy) is 1. The van der Waals surface area contributed by atoms with Crippen molar-refractivity contribution >= 4 is 26.0 Å². The Morgan fingerprint density at radius 1 is 1.48 bits per heavy atom. The fourth-order valence-electron chi connectivity index (χ4n) is 2.55. The topological polar surface area (TPSA) is 72.6 Å². The van der Waals surface area contributed by atoms with Crippen LogP contribution in [0.1, 0.15) is 18.9 Å². The van der Waals surface area contributed by atoms with Crippen LogP contribution in [0.15, 0.2) is 27.6 Å². The number of hydrogen-bond donors (Lipinski definition) is 1. The summed E-state index contributed by atoms with van der Waals surface area (Å²) in [6.07, 6.45) is 0.742. The molecular formula is C14H21BrN2O3S. The lowest BCUT2D eigenvalue weighted by atomic mass is 9.97. The molecule has 0 bridgehead atoms. The fraction of sp³-hybridized carbons (Fsp3) is 0.571. The zero-order valence-corrected chi connectivity index (χ0v) is 14.7. The molecule has 0 amide bonds. The minimum Gasteiger partial charge on any atom is -0.380 e. The molecule has 1 aliphatic rings. The van der Waals surface area contributed by atoms with E-state index in [0.717, 1.165) is 12.0 Å². The Hall–Kier alpha value is -0.470. The highest BCUT2D eigenvalue weighted by Gasteiger charge is 2.34. The van der Waals surface area contributed by atoms with Gasteiger partial charge in [-0.2, -0.15) is 4.31 Å². The molecule has 1 heterocycles. The van der Waals surface area contributed by atoms with Gasteiger partial charge >= 0.3 is 0 Å². The van der Waals surface area contributed by atoms with Crippen LogP contribution < -0.4 is 5.73 Å². The Bertz CT molecular complexity index is 606. The smallest absolute Gasteiger partial charge is 0.244 e. The summed E-state index contributed by atoms with van der Waals surface area (Å²) < 4.78 is 33.0. The number of sulfonamides is 1. The number of nitrogens with zero attached hydrogens (tertiary/aromatic N) is 1. The number of methoxy groups -OCH3 is 1. The van der Waals surface area contributed by atoms with E-state index in [1.807, 2.05) is 0 Å². The van der Waals surface area contributed by atoms with E-state index in [0.29, 0.717) is 30.0 Å². The second kappa shape index (κ2) is 6.75. The predicted molar refractivity (Wildman–Crippen MR) is 85.4 cm³/mol. The van der Waals surface area contributed by atoms with Crippen LogP contribution in [0, 0.1) is 5.92 Å². The number of nitrogens with two attached hydrogens (primary N) is 1. The number of rotatable bonds is 4. The Labute approximate surface area is 134 Å². The van der Waals surface area contributed by atoms with Gasteiger partial charge in [-0.15, -0.1) is 0 Å². The molecule has 5 nitrogen and oxygen atoms in total. The van der Waals surface area contributed by atoms with Crippen LogP contribution in [0.4, 0.5) is 0 Å². The SMILES string of the molecule is COC1CN(S(=O)(=O)c2ccc(CN)cc2Br)CCC1C. The van der Waals surface area contributed by atoms with E-state index in [-0.39, 0.29) is 11.0 Å². The van der Waals surface area contributed by atoms with E-state index in [4.69, 9.17) is 10.5 Å². The fourth-order valence-corrected chi connectivity index (χ4v) is 5.10. The standard InChI is InChI=1S/C14H21BrN2O3S/c1-10-5-6-17(9-13(10)20-2)21(18,19)14-4-3-11(8-16)7-12(14)15/h3-4,7,10,13H,5-6,8-9,16H2,1-2H3. The quantitative estimate of drug-likeness (QED) is 0.871. The van der Waals surface area contributed by atoms with Gasteiger partial charge in [0.05, 0.1) is 11.0 Å². The van der Waals surface area contributed by atoms with Crippen molar-refractivity contribution in [2.75, 3.05) is 20.2 Å². The molecule has 118 valence electrons. The number of piperidine rings is 1. The molecule has 2 N–H and O–H groups in total. The molecule has 7 heteroatoms. The molecule has 0 aliphatic carbocycles. The highest BCUT2D eigenvalue weighted by molar-refractivity contribution is 9.10. The summed E-state index contributed by atoms with van der Waals surface area (Å²) >= 11 is 3.34. The van der Waals surface area contributed by atoms with Crippen molar-refractivity contribution in [3.8, 4) is 0 Å². The summed E-state index contributed by atoms with van der Waals surface area (Å²) in [6, 6.07) is 5.12. The monoisotopic (exact) mass is 376 g/mol. The van der Waals surface area contributed by atoms with Gasteiger partial charge in [0.15, 0.2) is 0 Å². The zero-order chi connectivity index (χ0) is 15.6. The summed E-state index contributed by atoms with van der Waals surface area (Å²) in [7, 11) is -1.89. The van der Waals surface area contributed by atoms with Gasteiger partial charge in [0.1, 0.15) is 0 Å². The van der Waals surface area contributed by atoms with Gasteiger partial charge in [-0.3, -0.25) is 0 Å². The number of halogens is 1. The maximum atomic E-state index is 12.8. The molecule has 21 heavy (non-hydrogen) atoms. The van der Waals surface area contributed by atoms with E-state index < -0.39 is 10.0 Å². The minimum atomic E-state index is -3.52. The van der Waals surface area contributed by atoms with Crippen LogP contribution in [0.5, 0.6) is 0 Å². The molecule has 1 aromatic rings. The summed E-state index contributed by atoms with van der Waals surface area (Å²) in [5.41, 5.74) is 6.47. The van der Waals surface area contributed by atoms with E-state index in [1.165, 1.54) is 4.31 Å². The van der Waals surface area contributed by atoms with Gasteiger partial charge in [0.25, 0.3) is 0 Å². The van der Waals surface area contributed by atoms with E-state index in [2.05, 4.69) is 22.9 Å². The Kier molecular flexibility index (Phi) is 5.43. The van der Waals surface area contributed by atoms with Crippen molar-refractivity contribution < 1.29 is 13.2 Å². The molecule has 1 aromatic carbocycles. The van der Waals surface area contributed by atoms with Gasteiger partial charge in [-0.05, 0) is 46.0 Å². The first-order chi connectivity index (χ1) is 9.90. The second-order valence-electron chi connectivity index (χ2n) is 5.37. The van der Waals surface area contributed by atoms with Crippen LogP contribution in [-0.4, -0.2) is 39.0 Å². The lowest BCUT2D eigenvalue weighted by Crippen LogP contribution is -2.46. The predicted octanol–water partition coefficient (Wildman–Crippen LogP) is 1.95. The van der Waals surface area contributed by atoms with Gasteiger partial charge in [0, 0.05) is 31.2 Å². The lowest BCUT2D eigenvalue weighted by molar-refractivity contribution is 0.0183. The molecule has 0 spiro atoms. The van der Waals surface area contributed by atoms with Crippen LogP contribution in [0.2, 0.25) is 0 Å². The van der Waals surface area contributed by atoms with Crippen molar-refractivity contribution in [2.45, 2.75) is 30.9 Å². The number of hydrogen-bond acceptors (Lipinski definition) is 4. The van der Waals surface area contributed by atoms with Crippen molar-refractivity contribution in [1.29, 1.82) is 0 Å². The number of benzene rings is 1. The molecule has 2 atom stereocenters. The molecule has 2 unspecified atom stereocenters. The Morgan fingerprint density at radius 3 is 2.76 bits per heavy atom. The van der Waals surface area contributed by atoms with Crippen molar-refractivity contribution in [3.05, 3.63) is 28.2 Å². The summed E-state index contributed by atoms with van der Waals surface area (Å²) in [5, 5.41) is 0. The lowest BCUT2D eigenvalue weighted by Gasteiger charge is -2.35. The summed E-state index contributed by atoms with van der Waals surface area (Å²) in [6.45, 7) is 3.38. The van der Waals surface area contributed by atoms with Crippen LogP contribution >= 0.6 is 15.9 Å². The van der Waals surface area contributed by atoms with Crippen LogP contribution in [0.25, 0.3) is 0 Å². The van der Waals surface area contributed by atoms with Gasteiger partial charge in [-0.1, -0.05) is 13.0 Å². The third-order valence-electron chi connectivity index (χ3n) is 4.00.